The van der Waals surface area contributed by atoms with Gasteiger partial charge in [-0.3, -0.25) is 0 Å². The van der Waals surface area contributed by atoms with Gasteiger partial charge in [-0.25, -0.2) is 8.42 Å². The third-order valence-electron chi connectivity index (χ3n) is 3.78. The van der Waals surface area contributed by atoms with Crippen LogP contribution in [0.2, 0.25) is 0 Å². The monoisotopic (exact) mass is 367 g/mol. The second-order valence-electron chi connectivity index (χ2n) is 5.22. The molecule has 4 rings (SSSR count). The Labute approximate surface area is 141 Å². The molecular formula is C14H13N3O3S3. The zero-order chi connectivity index (χ0) is 15.9. The number of thiophene rings is 2. The Bertz CT molecular complexity index is 885. The minimum absolute atomic E-state index is 0.0257. The molecule has 6 nitrogen and oxygen atoms in total. The van der Waals surface area contributed by atoms with Gasteiger partial charge in [-0.2, -0.15) is 9.29 Å². The third-order valence-corrected chi connectivity index (χ3v) is 7.88. The SMILES string of the molecule is O=S(=O)(c1cccs1)N1CC[C@@H](c2noc(-c3cccs3)n2)C1. The highest BCUT2D eigenvalue weighted by Crippen LogP contribution is 2.32. The van der Waals surface area contributed by atoms with E-state index in [0.29, 0.717) is 35.4 Å². The van der Waals surface area contributed by atoms with Gasteiger partial charge in [0.25, 0.3) is 15.9 Å². The van der Waals surface area contributed by atoms with Crippen LogP contribution in [0.4, 0.5) is 0 Å². The molecule has 0 saturated carbocycles. The standard InChI is InChI=1S/C14H13N3O3S3/c18-23(19,12-4-2-8-22-12)17-6-5-10(9-17)13-15-14(20-16-13)11-3-1-7-21-11/h1-4,7-8,10H,5-6,9H2/t10-/m1/s1. The molecule has 0 spiro atoms. The largest absolute Gasteiger partial charge is 0.333 e. The normalized spacial score (nSPS) is 19.4. The summed E-state index contributed by atoms with van der Waals surface area (Å²) in [5.74, 6) is 1.05. The summed E-state index contributed by atoms with van der Waals surface area (Å²) in [6.45, 7) is 0.872. The first-order valence-electron chi connectivity index (χ1n) is 7.06. The molecule has 1 saturated heterocycles. The van der Waals surface area contributed by atoms with Gasteiger partial charge in [0, 0.05) is 19.0 Å². The smallest absolute Gasteiger partial charge is 0.267 e. The Kier molecular flexibility index (Phi) is 3.80. The van der Waals surface area contributed by atoms with E-state index < -0.39 is 10.0 Å². The average Bonchev–Trinajstić information content (AvgIpc) is 3.36. The number of nitrogens with zero attached hydrogens (tertiary/aromatic N) is 3. The van der Waals surface area contributed by atoms with Gasteiger partial charge < -0.3 is 4.52 Å². The van der Waals surface area contributed by atoms with E-state index in [0.717, 1.165) is 4.88 Å². The highest BCUT2D eigenvalue weighted by Gasteiger charge is 2.35. The molecule has 3 aromatic rings. The molecule has 3 aromatic heterocycles. The van der Waals surface area contributed by atoms with Gasteiger partial charge in [-0.15, -0.1) is 22.7 Å². The number of sulfonamides is 1. The molecule has 9 heteroatoms. The number of rotatable bonds is 4. The molecule has 1 aliphatic rings. The van der Waals surface area contributed by atoms with Gasteiger partial charge in [-0.05, 0) is 29.3 Å². The highest BCUT2D eigenvalue weighted by molar-refractivity contribution is 7.91. The second kappa shape index (κ2) is 5.82. The molecule has 0 N–H and O–H groups in total. The molecule has 0 aromatic carbocycles. The van der Waals surface area contributed by atoms with E-state index in [1.54, 1.807) is 17.5 Å². The van der Waals surface area contributed by atoms with Crippen molar-refractivity contribution in [2.24, 2.45) is 0 Å². The average molecular weight is 367 g/mol. The lowest BCUT2D eigenvalue weighted by atomic mass is 10.1. The van der Waals surface area contributed by atoms with Crippen LogP contribution < -0.4 is 0 Å². The summed E-state index contributed by atoms with van der Waals surface area (Å²) in [6.07, 6.45) is 0.702. The number of hydrogen-bond acceptors (Lipinski definition) is 7. The summed E-state index contributed by atoms with van der Waals surface area (Å²) in [4.78, 5) is 5.35. The number of hydrogen-bond donors (Lipinski definition) is 0. The maximum atomic E-state index is 12.5. The van der Waals surface area contributed by atoms with Gasteiger partial charge in [-0.1, -0.05) is 17.3 Å². The summed E-state index contributed by atoms with van der Waals surface area (Å²) >= 11 is 2.77. The molecule has 1 aliphatic heterocycles. The van der Waals surface area contributed by atoms with E-state index in [-0.39, 0.29) is 5.92 Å². The van der Waals surface area contributed by atoms with E-state index in [1.807, 2.05) is 17.5 Å². The van der Waals surface area contributed by atoms with Crippen molar-refractivity contribution in [3.8, 4) is 10.8 Å². The van der Waals surface area contributed by atoms with Crippen molar-refractivity contribution in [2.75, 3.05) is 13.1 Å². The lowest BCUT2D eigenvalue weighted by Crippen LogP contribution is -2.28. The third kappa shape index (κ3) is 2.74. The molecule has 4 heterocycles. The Morgan fingerprint density at radius 3 is 2.78 bits per heavy atom. The minimum Gasteiger partial charge on any atom is -0.333 e. The van der Waals surface area contributed by atoms with E-state index in [1.165, 1.54) is 27.0 Å². The van der Waals surface area contributed by atoms with Crippen LogP contribution in [0.3, 0.4) is 0 Å². The van der Waals surface area contributed by atoms with Crippen LogP contribution in [0.25, 0.3) is 10.8 Å². The Balaban J connectivity index is 1.53. The molecule has 120 valence electrons. The summed E-state index contributed by atoms with van der Waals surface area (Å²) in [7, 11) is -3.40. The lowest BCUT2D eigenvalue weighted by Gasteiger charge is -2.14. The second-order valence-corrected chi connectivity index (χ2v) is 9.28. The fraction of sp³-hybridized carbons (Fsp3) is 0.286. The summed E-state index contributed by atoms with van der Waals surface area (Å²) in [5, 5.41) is 7.75. The van der Waals surface area contributed by atoms with Crippen molar-refractivity contribution in [3.63, 3.8) is 0 Å². The van der Waals surface area contributed by atoms with Gasteiger partial charge in [0.1, 0.15) is 4.21 Å². The van der Waals surface area contributed by atoms with Crippen molar-refractivity contribution < 1.29 is 12.9 Å². The van der Waals surface area contributed by atoms with Crippen molar-refractivity contribution >= 4 is 32.7 Å². The van der Waals surface area contributed by atoms with Crippen LogP contribution >= 0.6 is 22.7 Å². The molecule has 1 atom stereocenters. The van der Waals surface area contributed by atoms with E-state index in [9.17, 15) is 8.42 Å². The highest BCUT2D eigenvalue weighted by atomic mass is 32.2. The quantitative estimate of drug-likeness (QED) is 0.708. The van der Waals surface area contributed by atoms with Crippen LogP contribution in [0.1, 0.15) is 18.2 Å². The van der Waals surface area contributed by atoms with Gasteiger partial charge in [0.05, 0.1) is 4.88 Å². The molecule has 0 amide bonds. The zero-order valence-corrected chi connectivity index (χ0v) is 14.4. The number of aromatic nitrogens is 2. The first kappa shape index (κ1) is 15.0. The van der Waals surface area contributed by atoms with E-state index in [2.05, 4.69) is 10.1 Å². The fourth-order valence-electron chi connectivity index (χ4n) is 2.60. The Hall–Kier alpha value is -1.55. The molecule has 0 aliphatic carbocycles. The first-order valence-corrected chi connectivity index (χ1v) is 10.3. The molecule has 0 radical (unpaired) electrons. The predicted octanol–water partition coefficient (Wildman–Crippen LogP) is 3.04. The molecule has 23 heavy (non-hydrogen) atoms. The van der Waals surface area contributed by atoms with E-state index >= 15 is 0 Å². The molecule has 0 unspecified atom stereocenters. The van der Waals surface area contributed by atoms with Crippen LogP contribution in [-0.4, -0.2) is 36.0 Å². The first-order chi connectivity index (χ1) is 11.1. The topological polar surface area (TPSA) is 76.3 Å². The lowest BCUT2D eigenvalue weighted by molar-refractivity contribution is 0.415. The van der Waals surface area contributed by atoms with Crippen LogP contribution in [-0.2, 0) is 10.0 Å². The molecule has 1 fully saturated rings. The van der Waals surface area contributed by atoms with E-state index in [4.69, 9.17) is 4.52 Å². The maximum Gasteiger partial charge on any atom is 0.267 e. The van der Waals surface area contributed by atoms with Crippen molar-refractivity contribution in [3.05, 3.63) is 40.8 Å². The molecular weight excluding hydrogens is 354 g/mol. The van der Waals surface area contributed by atoms with Gasteiger partial charge >= 0.3 is 0 Å². The van der Waals surface area contributed by atoms with Crippen molar-refractivity contribution in [2.45, 2.75) is 16.5 Å². The fourth-order valence-corrected chi connectivity index (χ4v) is 5.89. The van der Waals surface area contributed by atoms with Crippen LogP contribution in [0, 0.1) is 0 Å². The summed E-state index contributed by atoms with van der Waals surface area (Å²) < 4.78 is 32.3. The Morgan fingerprint density at radius 2 is 2.04 bits per heavy atom. The molecule has 0 bridgehead atoms. The van der Waals surface area contributed by atoms with Gasteiger partial charge in [0.15, 0.2) is 5.82 Å². The summed E-state index contributed by atoms with van der Waals surface area (Å²) in [5.41, 5.74) is 0. The predicted molar refractivity (Wildman–Crippen MR) is 88.0 cm³/mol. The van der Waals surface area contributed by atoms with Crippen molar-refractivity contribution in [1.29, 1.82) is 0 Å². The van der Waals surface area contributed by atoms with Crippen LogP contribution in [0.15, 0.2) is 43.8 Å². The van der Waals surface area contributed by atoms with Gasteiger partial charge in [0.2, 0.25) is 0 Å². The zero-order valence-electron chi connectivity index (χ0n) is 12.0. The summed E-state index contributed by atoms with van der Waals surface area (Å²) in [6, 6.07) is 7.23. The maximum absolute atomic E-state index is 12.5. The van der Waals surface area contributed by atoms with Crippen molar-refractivity contribution in [1.82, 2.24) is 14.4 Å². The van der Waals surface area contributed by atoms with Crippen LogP contribution in [0.5, 0.6) is 0 Å². The Morgan fingerprint density at radius 1 is 1.22 bits per heavy atom. The minimum atomic E-state index is -3.40.